The predicted molar refractivity (Wildman–Crippen MR) is 185 cm³/mol. The Kier molecular flexibility index (Phi) is 15.2. The fourth-order valence-electron chi connectivity index (χ4n) is 5.64. The maximum atomic E-state index is 14.0. The summed E-state index contributed by atoms with van der Waals surface area (Å²) in [6.07, 6.45) is 11.1. The molecule has 3 aromatic rings. The van der Waals surface area contributed by atoms with Gasteiger partial charge in [0, 0.05) is 12.1 Å². The van der Waals surface area contributed by atoms with E-state index < -0.39 is 11.4 Å². The molecule has 0 radical (unpaired) electrons. The summed E-state index contributed by atoms with van der Waals surface area (Å²) in [7, 11) is 0. The van der Waals surface area contributed by atoms with Crippen molar-refractivity contribution >= 4 is 28.9 Å². The minimum absolute atomic E-state index is 0.00862. The van der Waals surface area contributed by atoms with Crippen LogP contribution in [-0.4, -0.2) is 17.9 Å². The molecule has 0 aliphatic rings. The fraction of sp³-hybridized carbons (Fsp3) is 0.538. The zero-order valence-corrected chi connectivity index (χ0v) is 29.0. The van der Waals surface area contributed by atoms with E-state index in [1.807, 2.05) is 20.8 Å². The molecule has 0 fully saturated rings. The zero-order chi connectivity index (χ0) is 34.3. The molecular weight excluding hydrogens is 596 g/mol. The fourth-order valence-corrected chi connectivity index (χ4v) is 5.64. The molecule has 0 spiro atoms. The van der Waals surface area contributed by atoms with E-state index in [4.69, 9.17) is 18.6 Å². The first-order valence-electron chi connectivity index (χ1n) is 17.6. The van der Waals surface area contributed by atoms with Crippen molar-refractivity contribution in [2.24, 2.45) is 17.8 Å². The summed E-state index contributed by atoms with van der Waals surface area (Å²) >= 11 is 0. The quantitative estimate of drug-likeness (QED) is 0.0933. The molecule has 8 nitrogen and oxygen atoms in total. The van der Waals surface area contributed by atoms with E-state index in [0.717, 1.165) is 44.9 Å². The molecule has 0 aliphatic carbocycles. The Bertz CT molecular complexity index is 1520. The number of hydrogen-bond donors (Lipinski definition) is 0. The molecule has 0 bridgehead atoms. The maximum Gasteiger partial charge on any atom is 0.314 e. The molecule has 1 aromatic heterocycles. The first kappa shape index (κ1) is 37.5. The van der Waals surface area contributed by atoms with Crippen molar-refractivity contribution in [1.29, 1.82) is 0 Å². The minimum atomic E-state index is -0.444. The van der Waals surface area contributed by atoms with Gasteiger partial charge in [0.1, 0.15) is 34.5 Å². The number of rotatable bonds is 19. The number of benzene rings is 2. The van der Waals surface area contributed by atoms with Gasteiger partial charge in [0.2, 0.25) is 5.43 Å². The third-order valence-electron chi connectivity index (χ3n) is 8.82. The average molecular weight is 649 g/mol. The summed E-state index contributed by atoms with van der Waals surface area (Å²) < 4.78 is 23.2. The largest absolute Gasteiger partial charge is 0.463 e. The molecule has 3 rings (SSSR count). The van der Waals surface area contributed by atoms with E-state index in [2.05, 4.69) is 20.8 Å². The lowest BCUT2D eigenvalue weighted by atomic mass is 9.99. The van der Waals surface area contributed by atoms with Gasteiger partial charge in [-0.2, -0.15) is 0 Å². The molecule has 3 atom stereocenters. The third-order valence-corrected chi connectivity index (χ3v) is 8.82. The Morgan fingerprint density at radius 2 is 1.11 bits per heavy atom. The highest BCUT2D eigenvalue weighted by molar-refractivity contribution is 5.91. The van der Waals surface area contributed by atoms with Crippen molar-refractivity contribution in [3.8, 4) is 28.4 Å². The second-order valence-electron chi connectivity index (χ2n) is 12.3. The smallest absolute Gasteiger partial charge is 0.314 e. The van der Waals surface area contributed by atoms with Crippen molar-refractivity contribution in [3.05, 3.63) is 52.9 Å². The molecule has 0 aliphatic heterocycles. The molecule has 1 heterocycles. The molecule has 0 saturated carbocycles. The minimum Gasteiger partial charge on any atom is -0.463 e. The van der Waals surface area contributed by atoms with E-state index in [9.17, 15) is 19.2 Å². The number of hydrogen-bond acceptors (Lipinski definition) is 8. The van der Waals surface area contributed by atoms with Crippen LogP contribution in [0.4, 0.5) is 0 Å². The summed E-state index contributed by atoms with van der Waals surface area (Å²) in [5.74, 6) is -1.32. The Morgan fingerprint density at radius 3 is 1.57 bits per heavy atom. The van der Waals surface area contributed by atoms with Crippen molar-refractivity contribution in [2.45, 2.75) is 119 Å². The van der Waals surface area contributed by atoms with Crippen molar-refractivity contribution in [1.82, 2.24) is 0 Å². The number of carbonyl (C=O) groups is 3. The molecule has 256 valence electrons. The van der Waals surface area contributed by atoms with Crippen LogP contribution in [0.15, 0.2) is 51.9 Å². The van der Waals surface area contributed by atoms with Gasteiger partial charge in [0.25, 0.3) is 0 Å². The lowest BCUT2D eigenvalue weighted by molar-refractivity contribution is -0.140. The molecule has 0 N–H and O–H groups in total. The SMILES string of the molecule is CCCCC(CC)C(=O)Oc1ccc(-c2coc3cc(OC(=O)C(CC)CCCC)cc(OC(=O)C(CC)CCCC)c3c2=O)cc1. The summed E-state index contributed by atoms with van der Waals surface area (Å²) in [6, 6.07) is 9.60. The topological polar surface area (TPSA) is 109 Å². The molecule has 0 amide bonds. The van der Waals surface area contributed by atoms with Gasteiger partial charge in [-0.05, 0) is 56.2 Å². The van der Waals surface area contributed by atoms with Crippen LogP contribution < -0.4 is 19.6 Å². The van der Waals surface area contributed by atoms with Crippen molar-refractivity contribution < 1.29 is 33.0 Å². The summed E-state index contributed by atoms with van der Waals surface area (Å²) in [5, 5.41) is 0.0798. The second kappa shape index (κ2) is 19.0. The first-order chi connectivity index (χ1) is 22.7. The molecule has 2 aromatic carbocycles. The van der Waals surface area contributed by atoms with Crippen molar-refractivity contribution in [3.63, 3.8) is 0 Å². The molecule has 3 unspecified atom stereocenters. The van der Waals surface area contributed by atoms with Gasteiger partial charge in [-0.3, -0.25) is 19.2 Å². The van der Waals surface area contributed by atoms with Crippen LogP contribution in [0.5, 0.6) is 17.2 Å². The number of carbonyl (C=O) groups excluding carboxylic acids is 3. The Morgan fingerprint density at radius 1 is 0.638 bits per heavy atom. The normalized spacial score (nSPS) is 13.1. The van der Waals surface area contributed by atoms with E-state index in [0.29, 0.717) is 43.4 Å². The van der Waals surface area contributed by atoms with E-state index in [1.54, 1.807) is 24.3 Å². The van der Waals surface area contributed by atoms with Gasteiger partial charge in [0.05, 0.1) is 23.3 Å². The molecule has 47 heavy (non-hydrogen) atoms. The lowest BCUT2D eigenvalue weighted by Gasteiger charge is -2.17. The van der Waals surface area contributed by atoms with E-state index >= 15 is 0 Å². The second-order valence-corrected chi connectivity index (χ2v) is 12.3. The van der Waals surface area contributed by atoms with Gasteiger partial charge >= 0.3 is 17.9 Å². The van der Waals surface area contributed by atoms with Crippen LogP contribution in [0.3, 0.4) is 0 Å². The van der Waals surface area contributed by atoms with Crippen LogP contribution >= 0.6 is 0 Å². The van der Waals surface area contributed by atoms with Gasteiger partial charge < -0.3 is 18.6 Å². The summed E-state index contributed by atoms with van der Waals surface area (Å²) in [4.78, 5) is 53.0. The van der Waals surface area contributed by atoms with Crippen LogP contribution in [0, 0.1) is 17.8 Å². The van der Waals surface area contributed by atoms with Crippen LogP contribution in [0.25, 0.3) is 22.1 Å². The average Bonchev–Trinajstić information content (AvgIpc) is 3.06. The van der Waals surface area contributed by atoms with Gasteiger partial charge in [-0.1, -0.05) is 92.2 Å². The Labute approximate surface area is 279 Å². The van der Waals surface area contributed by atoms with Gasteiger partial charge in [0.15, 0.2) is 0 Å². The number of unbranched alkanes of at least 4 members (excludes halogenated alkanes) is 3. The summed E-state index contributed by atoms with van der Waals surface area (Å²) in [5.41, 5.74) is 0.523. The summed E-state index contributed by atoms with van der Waals surface area (Å²) in [6.45, 7) is 12.1. The van der Waals surface area contributed by atoms with E-state index in [-0.39, 0.29) is 57.7 Å². The van der Waals surface area contributed by atoms with Crippen LogP contribution in [-0.2, 0) is 14.4 Å². The highest BCUT2D eigenvalue weighted by atomic mass is 16.5. The monoisotopic (exact) mass is 648 g/mol. The Balaban J connectivity index is 2.00. The third kappa shape index (κ3) is 10.3. The van der Waals surface area contributed by atoms with Crippen LogP contribution in [0.1, 0.15) is 119 Å². The first-order valence-corrected chi connectivity index (χ1v) is 17.6. The highest BCUT2D eigenvalue weighted by Gasteiger charge is 2.25. The standard InChI is InChI=1S/C39H52O8/c1-7-13-16-26(10-4)37(41)45-30-21-19-29(20-22-30)32-25-44-33-23-31(46-38(42)27(11-5)17-14-8-2)24-34(35(33)36(32)40)47-39(43)28(12-6)18-15-9-3/h19-28H,7-18H2,1-6H3. The van der Waals surface area contributed by atoms with E-state index in [1.165, 1.54) is 18.4 Å². The predicted octanol–water partition coefficient (Wildman–Crippen LogP) is 9.83. The van der Waals surface area contributed by atoms with Gasteiger partial charge in [-0.25, -0.2) is 0 Å². The van der Waals surface area contributed by atoms with Crippen LogP contribution in [0.2, 0.25) is 0 Å². The van der Waals surface area contributed by atoms with Gasteiger partial charge in [-0.15, -0.1) is 0 Å². The molecule has 8 heteroatoms. The zero-order valence-electron chi connectivity index (χ0n) is 29.0. The van der Waals surface area contributed by atoms with Crippen molar-refractivity contribution in [2.75, 3.05) is 0 Å². The Hall–Kier alpha value is -3.94. The number of esters is 3. The number of ether oxygens (including phenoxy) is 3. The number of fused-ring (bicyclic) bond motifs is 1. The molecule has 0 saturated heterocycles. The highest BCUT2D eigenvalue weighted by Crippen LogP contribution is 2.34. The molecular formula is C39H52O8. The lowest BCUT2D eigenvalue weighted by Crippen LogP contribution is -2.22. The maximum absolute atomic E-state index is 14.0.